The standard InChI is InChI=1S/C14H14BrNO3/c1-9(17)16-7-6-10-11(4-3-5-12(10)15)13(16)8-14(18)19-2/h3-7,13H,8H2,1-2H3. The number of fused-ring (bicyclic) bond motifs is 1. The minimum Gasteiger partial charge on any atom is -0.469 e. The van der Waals surface area contributed by atoms with Gasteiger partial charge in [-0.05, 0) is 23.3 Å². The molecule has 0 saturated heterocycles. The summed E-state index contributed by atoms with van der Waals surface area (Å²) in [4.78, 5) is 24.8. The van der Waals surface area contributed by atoms with Gasteiger partial charge in [-0.3, -0.25) is 9.59 Å². The zero-order valence-corrected chi connectivity index (χ0v) is 12.3. The van der Waals surface area contributed by atoms with Gasteiger partial charge in [0.2, 0.25) is 5.91 Å². The molecule has 0 radical (unpaired) electrons. The van der Waals surface area contributed by atoms with Gasteiger partial charge in [0.05, 0.1) is 19.6 Å². The second-order valence-corrected chi connectivity index (χ2v) is 5.14. The lowest BCUT2D eigenvalue weighted by molar-refractivity contribution is -0.142. The van der Waals surface area contributed by atoms with Gasteiger partial charge in [0.15, 0.2) is 0 Å². The molecule has 5 heteroatoms. The summed E-state index contributed by atoms with van der Waals surface area (Å²) in [6, 6.07) is 5.43. The van der Waals surface area contributed by atoms with Crippen LogP contribution < -0.4 is 0 Å². The minimum absolute atomic E-state index is 0.101. The first-order valence-electron chi connectivity index (χ1n) is 5.87. The van der Waals surface area contributed by atoms with E-state index in [0.717, 1.165) is 15.6 Å². The number of nitrogens with zero attached hydrogens (tertiary/aromatic N) is 1. The second-order valence-electron chi connectivity index (χ2n) is 4.28. The molecule has 0 spiro atoms. The lowest BCUT2D eigenvalue weighted by Crippen LogP contribution is -2.32. The molecule has 1 aromatic carbocycles. The maximum atomic E-state index is 11.7. The monoisotopic (exact) mass is 323 g/mol. The molecule has 1 aromatic rings. The fourth-order valence-corrected chi connectivity index (χ4v) is 2.72. The fourth-order valence-electron chi connectivity index (χ4n) is 2.20. The number of amides is 1. The van der Waals surface area contributed by atoms with Crippen molar-refractivity contribution in [1.29, 1.82) is 0 Å². The predicted octanol–water partition coefficient (Wildman–Crippen LogP) is 2.89. The number of hydrogen-bond acceptors (Lipinski definition) is 3. The predicted molar refractivity (Wildman–Crippen MR) is 75.1 cm³/mol. The van der Waals surface area contributed by atoms with Crippen LogP contribution in [-0.2, 0) is 14.3 Å². The van der Waals surface area contributed by atoms with E-state index in [1.165, 1.54) is 14.0 Å². The molecule has 1 amide bonds. The zero-order chi connectivity index (χ0) is 14.0. The Morgan fingerprint density at radius 1 is 1.42 bits per heavy atom. The molecule has 1 heterocycles. The second kappa shape index (κ2) is 5.57. The Morgan fingerprint density at radius 3 is 2.79 bits per heavy atom. The van der Waals surface area contributed by atoms with Crippen LogP contribution in [0.1, 0.15) is 30.5 Å². The van der Waals surface area contributed by atoms with E-state index in [1.54, 1.807) is 11.1 Å². The van der Waals surface area contributed by atoms with Gasteiger partial charge in [0.1, 0.15) is 0 Å². The summed E-state index contributed by atoms with van der Waals surface area (Å²) in [5.74, 6) is -0.437. The van der Waals surface area contributed by atoms with E-state index < -0.39 is 0 Å². The van der Waals surface area contributed by atoms with Gasteiger partial charge >= 0.3 is 5.97 Å². The number of ether oxygens (including phenoxy) is 1. The van der Waals surface area contributed by atoms with Gasteiger partial charge in [-0.1, -0.05) is 28.1 Å². The van der Waals surface area contributed by atoms with E-state index in [1.807, 2.05) is 24.3 Å². The molecule has 1 atom stereocenters. The van der Waals surface area contributed by atoms with E-state index in [4.69, 9.17) is 4.74 Å². The highest BCUT2D eigenvalue weighted by atomic mass is 79.9. The highest BCUT2D eigenvalue weighted by Gasteiger charge is 2.29. The molecule has 0 aromatic heterocycles. The third-order valence-electron chi connectivity index (χ3n) is 3.13. The molecule has 1 unspecified atom stereocenters. The highest BCUT2D eigenvalue weighted by molar-refractivity contribution is 9.10. The van der Waals surface area contributed by atoms with E-state index >= 15 is 0 Å². The van der Waals surface area contributed by atoms with Gasteiger partial charge < -0.3 is 9.64 Å². The summed E-state index contributed by atoms with van der Waals surface area (Å²) < 4.78 is 5.66. The number of rotatable bonds is 2. The van der Waals surface area contributed by atoms with Crippen LogP contribution >= 0.6 is 15.9 Å². The Labute approximate surface area is 120 Å². The maximum Gasteiger partial charge on any atom is 0.307 e. The molecule has 0 N–H and O–H groups in total. The van der Waals surface area contributed by atoms with Gasteiger partial charge in [0, 0.05) is 17.6 Å². The van der Waals surface area contributed by atoms with Crippen LogP contribution in [0.15, 0.2) is 28.9 Å². The van der Waals surface area contributed by atoms with Crippen molar-refractivity contribution in [2.45, 2.75) is 19.4 Å². The summed E-state index contributed by atoms with van der Waals surface area (Å²) in [5, 5.41) is 0. The molecule has 0 saturated carbocycles. The van der Waals surface area contributed by atoms with Gasteiger partial charge in [0.25, 0.3) is 0 Å². The van der Waals surface area contributed by atoms with Crippen molar-refractivity contribution in [2.24, 2.45) is 0 Å². The first-order chi connectivity index (χ1) is 9.04. The normalized spacial score (nSPS) is 17.0. The van der Waals surface area contributed by atoms with Crippen molar-refractivity contribution in [2.75, 3.05) is 7.11 Å². The van der Waals surface area contributed by atoms with E-state index in [0.29, 0.717) is 0 Å². The fraction of sp³-hybridized carbons (Fsp3) is 0.286. The van der Waals surface area contributed by atoms with Gasteiger partial charge in [-0.15, -0.1) is 0 Å². The highest BCUT2D eigenvalue weighted by Crippen LogP contribution is 2.36. The van der Waals surface area contributed by atoms with Crippen molar-refractivity contribution in [1.82, 2.24) is 4.90 Å². The summed E-state index contributed by atoms with van der Waals surface area (Å²) >= 11 is 3.48. The minimum atomic E-state index is -0.336. The Kier molecular flexibility index (Phi) is 4.04. The van der Waals surface area contributed by atoms with Crippen molar-refractivity contribution in [3.05, 3.63) is 40.0 Å². The third kappa shape index (κ3) is 2.71. The summed E-state index contributed by atoms with van der Waals surface area (Å²) in [6.45, 7) is 1.48. The molecule has 19 heavy (non-hydrogen) atoms. The first-order valence-corrected chi connectivity index (χ1v) is 6.66. The Morgan fingerprint density at radius 2 is 2.16 bits per heavy atom. The number of esters is 1. The molecule has 1 aliphatic rings. The molecule has 100 valence electrons. The summed E-state index contributed by atoms with van der Waals surface area (Å²) in [7, 11) is 1.35. The van der Waals surface area contributed by atoms with Crippen LogP contribution in [-0.4, -0.2) is 23.9 Å². The first kappa shape index (κ1) is 13.8. The Bertz CT molecular complexity index is 554. The van der Waals surface area contributed by atoms with Crippen molar-refractivity contribution < 1.29 is 14.3 Å². The van der Waals surface area contributed by atoms with E-state index in [9.17, 15) is 9.59 Å². The molecule has 2 rings (SSSR count). The molecule has 4 nitrogen and oxygen atoms in total. The molecule has 1 aliphatic heterocycles. The Hall–Kier alpha value is -1.62. The van der Waals surface area contributed by atoms with Crippen molar-refractivity contribution in [3.8, 4) is 0 Å². The van der Waals surface area contributed by atoms with E-state index in [2.05, 4.69) is 15.9 Å². The van der Waals surface area contributed by atoms with Crippen LogP contribution in [0.3, 0.4) is 0 Å². The van der Waals surface area contributed by atoms with Gasteiger partial charge in [-0.2, -0.15) is 0 Å². The molecule has 0 bridgehead atoms. The largest absolute Gasteiger partial charge is 0.469 e. The van der Waals surface area contributed by atoms with Gasteiger partial charge in [-0.25, -0.2) is 0 Å². The molecule has 0 aliphatic carbocycles. The third-order valence-corrected chi connectivity index (χ3v) is 3.83. The van der Waals surface area contributed by atoms with Crippen molar-refractivity contribution in [3.63, 3.8) is 0 Å². The number of benzene rings is 1. The molecular weight excluding hydrogens is 310 g/mol. The van der Waals surface area contributed by atoms with E-state index in [-0.39, 0.29) is 24.3 Å². The van der Waals surface area contributed by atoms with Crippen LogP contribution in [0.4, 0.5) is 0 Å². The maximum absolute atomic E-state index is 11.7. The quantitative estimate of drug-likeness (QED) is 0.786. The number of methoxy groups -OCH3 is 1. The van der Waals surface area contributed by atoms with Crippen LogP contribution in [0.25, 0.3) is 6.08 Å². The van der Waals surface area contributed by atoms with Crippen LogP contribution in [0.5, 0.6) is 0 Å². The van der Waals surface area contributed by atoms with Crippen LogP contribution in [0.2, 0.25) is 0 Å². The topological polar surface area (TPSA) is 46.6 Å². The lowest BCUT2D eigenvalue weighted by Gasteiger charge is -2.32. The number of carbonyl (C=O) groups excluding carboxylic acids is 2. The average Bonchev–Trinajstić information content (AvgIpc) is 2.39. The number of carbonyl (C=O) groups is 2. The lowest BCUT2D eigenvalue weighted by atomic mass is 9.94. The zero-order valence-electron chi connectivity index (χ0n) is 10.7. The average molecular weight is 324 g/mol. The number of halogens is 1. The smallest absolute Gasteiger partial charge is 0.307 e. The molecular formula is C14H14BrNO3. The van der Waals surface area contributed by atoms with Crippen molar-refractivity contribution >= 4 is 33.9 Å². The molecule has 0 fully saturated rings. The Balaban J connectivity index is 2.45. The summed E-state index contributed by atoms with van der Waals surface area (Å²) in [5.41, 5.74) is 1.94. The number of hydrogen-bond donors (Lipinski definition) is 0. The van der Waals surface area contributed by atoms with Crippen LogP contribution in [0, 0.1) is 0 Å². The summed E-state index contributed by atoms with van der Waals surface area (Å²) in [6.07, 6.45) is 3.72. The SMILES string of the molecule is COC(=O)CC1c2cccc(Br)c2C=CN1C(C)=O.